The number of carbonyl (C=O) groups excluding carboxylic acids is 1. The SMILES string of the molecule is O=C(CNCc1ccc(Br)s1)Nc1c(Cl)cccc1Cl. The summed E-state index contributed by atoms with van der Waals surface area (Å²) >= 11 is 17.0. The van der Waals surface area contributed by atoms with Crippen molar-refractivity contribution in [1.29, 1.82) is 0 Å². The summed E-state index contributed by atoms with van der Waals surface area (Å²) < 4.78 is 1.07. The van der Waals surface area contributed by atoms with E-state index in [1.807, 2.05) is 12.1 Å². The molecule has 2 aromatic rings. The van der Waals surface area contributed by atoms with Crippen LogP contribution in [0.3, 0.4) is 0 Å². The van der Waals surface area contributed by atoms with Crippen molar-refractivity contribution in [1.82, 2.24) is 5.32 Å². The van der Waals surface area contributed by atoms with Crippen LogP contribution in [-0.4, -0.2) is 12.5 Å². The number of rotatable bonds is 5. The van der Waals surface area contributed by atoms with Crippen molar-refractivity contribution in [2.24, 2.45) is 0 Å². The van der Waals surface area contributed by atoms with Gasteiger partial charge in [0.1, 0.15) is 0 Å². The lowest BCUT2D eigenvalue weighted by Gasteiger charge is -2.09. The normalized spacial score (nSPS) is 10.6. The van der Waals surface area contributed by atoms with Gasteiger partial charge in [0.25, 0.3) is 0 Å². The molecule has 0 saturated heterocycles. The van der Waals surface area contributed by atoms with E-state index in [1.54, 1.807) is 29.5 Å². The first kappa shape index (κ1) is 15.8. The van der Waals surface area contributed by atoms with Gasteiger partial charge in [-0.2, -0.15) is 0 Å². The Balaban J connectivity index is 1.84. The van der Waals surface area contributed by atoms with Gasteiger partial charge in [-0.25, -0.2) is 0 Å². The van der Waals surface area contributed by atoms with Crippen molar-refractivity contribution in [3.05, 3.63) is 49.0 Å². The number of thiophene rings is 1. The molecular formula is C13H11BrCl2N2OS. The third-order valence-corrected chi connectivity index (χ3v) is 4.69. The molecule has 2 N–H and O–H groups in total. The summed E-state index contributed by atoms with van der Waals surface area (Å²) in [5, 5.41) is 6.61. The van der Waals surface area contributed by atoms with Gasteiger partial charge in [0.2, 0.25) is 5.91 Å². The first-order valence-corrected chi connectivity index (χ1v) is 8.11. The van der Waals surface area contributed by atoms with Gasteiger partial charge in [-0.15, -0.1) is 11.3 Å². The molecule has 0 bridgehead atoms. The third kappa shape index (κ3) is 4.46. The second-order valence-corrected chi connectivity index (χ2v) is 7.32. The van der Waals surface area contributed by atoms with Crippen LogP contribution in [0.15, 0.2) is 34.1 Å². The molecule has 106 valence electrons. The summed E-state index contributed by atoms with van der Waals surface area (Å²) in [6.45, 7) is 0.830. The predicted octanol–water partition coefficient (Wildman–Crippen LogP) is 4.55. The van der Waals surface area contributed by atoms with Crippen molar-refractivity contribution in [3.8, 4) is 0 Å². The van der Waals surface area contributed by atoms with E-state index < -0.39 is 0 Å². The molecular weight excluding hydrogens is 383 g/mol. The molecule has 7 heteroatoms. The average molecular weight is 394 g/mol. The Kier molecular flexibility index (Phi) is 5.86. The fourth-order valence-corrected chi connectivity index (χ4v) is 3.49. The van der Waals surface area contributed by atoms with Crippen LogP contribution >= 0.6 is 50.5 Å². The molecule has 1 amide bonds. The Bertz CT molecular complexity index is 598. The molecule has 3 nitrogen and oxygen atoms in total. The molecule has 1 heterocycles. The zero-order valence-corrected chi connectivity index (χ0v) is 14.2. The molecule has 0 fully saturated rings. The first-order valence-electron chi connectivity index (χ1n) is 5.75. The number of hydrogen-bond donors (Lipinski definition) is 2. The highest BCUT2D eigenvalue weighted by Gasteiger charge is 2.09. The molecule has 0 spiro atoms. The lowest BCUT2D eigenvalue weighted by Crippen LogP contribution is -2.27. The smallest absolute Gasteiger partial charge is 0.238 e. The molecule has 0 aliphatic carbocycles. The summed E-state index contributed by atoms with van der Waals surface area (Å²) in [5.41, 5.74) is 0.446. The molecule has 20 heavy (non-hydrogen) atoms. The maximum atomic E-state index is 11.8. The standard InChI is InChI=1S/C13H11BrCl2N2OS/c14-11-5-4-8(20-11)6-17-7-12(19)18-13-9(15)2-1-3-10(13)16/h1-5,17H,6-7H2,(H,18,19). The monoisotopic (exact) mass is 392 g/mol. The van der Waals surface area contributed by atoms with E-state index >= 15 is 0 Å². The quantitative estimate of drug-likeness (QED) is 0.782. The van der Waals surface area contributed by atoms with Crippen LogP contribution in [0.4, 0.5) is 5.69 Å². The van der Waals surface area contributed by atoms with E-state index in [0.717, 1.165) is 8.66 Å². The van der Waals surface area contributed by atoms with Crippen LogP contribution in [0.2, 0.25) is 10.0 Å². The number of benzene rings is 1. The van der Waals surface area contributed by atoms with Crippen LogP contribution in [0, 0.1) is 0 Å². The maximum Gasteiger partial charge on any atom is 0.238 e. The highest BCUT2D eigenvalue weighted by Crippen LogP contribution is 2.29. The van der Waals surface area contributed by atoms with Crippen molar-refractivity contribution in [2.75, 3.05) is 11.9 Å². The number of anilines is 1. The van der Waals surface area contributed by atoms with Gasteiger partial charge in [0.05, 0.1) is 26.1 Å². The molecule has 1 aromatic carbocycles. The predicted molar refractivity (Wildman–Crippen MR) is 88.8 cm³/mol. The van der Waals surface area contributed by atoms with E-state index in [2.05, 4.69) is 26.6 Å². The average Bonchev–Trinajstić information content (AvgIpc) is 2.80. The number of nitrogens with one attached hydrogen (secondary N) is 2. The van der Waals surface area contributed by atoms with E-state index in [9.17, 15) is 4.79 Å². The number of halogens is 3. The van der Waals surface area contributed by atoms with E-state index in [0.29, 0.717) is 22.3 Å². The van der Waals surface area contributed by atoms with Crippen molar-refractivity contribution < 1.29 is 4.79 Å². The molecule has 0 aliphatic heterocycles. The highest BCUT2D eigenvalue weighted by molar-refractivity contribution is 9.11. The fourth-order valence-electron chi connectivity index (χ4n) is 1.55. The number of para-hydroxylation sites is 1. The van der Waals surface area contributed by atoms with Crippen LogP contribution < -0.4 is 10.6 Å². The molecule has 0 saturated carbocycles. The Morgan fingerprint density at radius 1 is 1.20 bits per heavy atom. The van der Waals surface area contributed by atoms with Gasteiger partial charge in [-0.3, -0.25) is 4.79 Å². The molecule has 1 aromatic heterocycles. The second-order valence-electron chi connectivity index (χ2n) is 3.95. The van der Waals surface area contributed by atoms with Gasteiger partial charge in [-0.1, -0.05) is 29.3 Å². The van der Waals surface area contributed by atoms with Crippen molar-refractivity contribution in [2.45, 2.75) is 6.54 Å². The summed E-state index contributed by atoms with van der Waals surface area (Å²) in [7, 11) is 0. The minimum absolute atomic E-state index is 0.185. The van der Waals surface area contributed by atoms with Crippen molar-refractivity contribution in [3.63, 3.8) is 0 Å². The number of carbonyl (C=O) groups is 1. The van der Waals surface area contributed by atoms with Gasteiger partial charge in [0, 0.05) is 11.4 Å². The molecule has 0 atom stereocenters. The summed E-state index contributed by atoms with van der Waals surface area (Å²) in [4.78, 5) is 13.0. The summed E-state index contributed by atoms with van der Waals surface area (Å²) in [5.74, 6) is -0.185. The van der Waals surface area contributed by atoms with E-state index in [1.165, 1.54) is 0 Å². The van der Waals surface area contributed by atoms with Crippen molar-refractivity contribution >= 4 is 62.1 Å². The van der Waals surface area contributed by atoms with Crippen LogP contribution in [0.5, 0.6) is 0 Å². The Hall–Kier alpha value is -0.590. The topological polar surface area (TPSA) is 41.1 Å². The third-order valence-electron chi connectivity index (χ3n) is 2.44. The van der Waals surface area contributed by atoms with Crippen LogP contribution in [0.1, 0.15) is 4.88 Å². The van der Waals surface area contributed by atoms with E-state index in [4.69, 9.17) is 23.2 Å². The number of amides is 1. The Labute approximate surface area is 139 Å². The van der Waals surface area contributed by atoms with Gasteiger partial charge in [0.15, 0.2) is 0 Å². The summed E-state index contributed by atoms with van der Waals surface area (Å²) in [6.07, 6.45) is 0. The Morgan fingerprint density at radius 2 is 1.90 bits per heavy atom. The second kappa shape index (κ2) is 7.43. The minimum atomic E-state index is -0.185. The molecule has 0 radical (unpaired) electrons. The minimum Gasteiger partial charge on any atom is -0.322 e. The Morgan fingerprint density at radius 3 is 2.50 bits per heavy atom. The number of hydrogen-bond acceptors (Lipinski definition) is 3. The molecule has 2 rings (SSSR count). The van der Waals surface area contributed by atoms with Gasteiger partial charge in [-0.05, 0) is 40.2 Å². The van der Waals surface area contributed by atoms with Crippen LogP contribution in [-0.2, 0) is 11.3 Å². The molecule has 0 aliphatic rings. The van der Waals surface area contributed by atoms with E-state index in [-0.39, 0.29) is 12.5 Å². The lowest BCUT2D eigenvalue weighted by atomic mass is 10.3. The first-order chi connectivity index (χ1) is 9.56. The molecule has 0 unspecified atom stereocenters. The maximum absolute atomic E-state index is 11.8. The lowest BCUT2D eigenvalue weighted by molar-refractivity contribution is -0.115. The highest BCUT2D eigenvalue weighted by atomic mass is 79.9. The zero-order chi connectivity index (χ0) is 14.5. The van der Waals surface area contributed by atoms with Gasteiger partial charge < -0.3 is 10.6 Å². The van der Waals surface area contributed by atoms with Crippen LogP contribution in [0.25, 0.3) is 0 Å². The largest absolute Gasteiger partial charge is 0.322 e. The van der Waals surface area contributed by atoms with Gasteiger partial charge >= 0.3 is 0 Å². The fraction of sp³-hybridized carbons (Fsp3) is 0.154. The zero-order valence-electron chi connectivity index (χ0n) is 10.3. The summed E-state index contributed by atoms with van der Waals surface area (Å²) in [6, 6.07) is 9.07.